The minimum Gasteiger partial charge on any atom is -0.497 e. The Morgan fingerprint density at radius 3 is 2.40 bits per heavy atom. The van der Waals surface area contributed by atoms with E-state index in [-0.39, 0.29) is 48.4 Å². The highest BCUT2D eigenvalue weighted by Gasteiger charge is 2.36. The van der Waals surface area contributed by atoms with Gasteiger partial charge in [-0.25, -0.2) is 8.42 Å². The zero-order chi connectivity index (χ0) is 25.6. The Bertz CT molecular complexity index is 980. The minimum absolute atomic E-state index is 0.0358. The van der Waals surface area contributed by atoms with Crippen LogP contribution < -0.4 is 4.74 Å². The Morgan fingerprint density at radius 1 is 1.17 bits per heavy atom. The lowest BCUT2D eigenvalue weighted by molar-refractivity contribution is -0.157. The molecule has 2 heterocycles. The van der Waals surface area contributed by atoms with Gasteiger partial charge >= 0.3 is 0 Å². The molecule has 0 spiro atoms. The fourth-order valence-corrected chi connectivity index (χ4v) is 5.65. The molecule has 196 valence electrons. The molecule has 35 heavy (non-hydrogen) atoms. The van der Waals surface area contributed by atoms with Crippen molar-refractivity contribution in [2.75, 3.05) is 46.5 Å². The average molecular weight is 511 g/mol. The second-order valence-electron chi connectivity index (χ2n) is 9.96. The van der Waals surface area contributed by atoms with Crippen LogP contribution in [-0.2, 0) is 24.3 Å². The van der Waals surface area contributed by atoms with Crippen molar-refractivity contribution in [2.45, 2.75) is 51.2 Å². The largest absolute Gasteiger partial charge is 0.497 e. The predicted molar refractivity (Wildman–Crippen MR) is 131 cm³/mol. The third kappa shape index (κ3) is 6.97. The number of likely N-dealkylation sites (tertiary alicyclic amines) is 1. The van der Waals surface area contributed by atoms with E-state index in [1.54, 1.807) is 17.0 Å². The van der Waals surface area contributed by atoms with Gasteiger partial charge in [0.2, 0.25) is 16.3 Å². The van der Waals surface area contributed by atoms with Crippen molar-refractivity contribution in [2.24, 2.45) is 11.3 Å². The van der Waals surface area contributed by atoms with Crippen LogP contribution in [0.5, 0.6) is 5.75 Å². The quantitative estimate of drug-likeness (QED) is 0.516. The highest BCUT2D eigenvalue weighted by Crippen LogP contribution is 2.37. The first-order valence-corrected chi connectivity index (χ1v) is 13.5. The van der Waals surface area contributed by atoms with Crippen LogP contribution in [0.1, 0.15) is 40.0 Å². The van der Waals surface area contributed by atoms with Crippen molar-refractivity contribution < 1.29 is 32.5 Å². The van der Waals surface area contributed by atoms with Gasteiger partial charge in [0.25, 0.3) is 5.91 Å². The maximum atomic E-state index is 13.1. The Balaban J connectivity index is 1.67. The topological polar surface area (TPSA) is 106 Å². The maximum Gasteiger partial charge on any atom is 0.288 e. The van der Waals surface area contributed by atoms with E-state index in [0.29, 0.717) is 17.9 Å². The van der Waals surface area contributed by atoms with E-state index >= 15 is 0 Å². The van der Waals surface area contributed by atoms with Gasteiger partial charge in [0.15, 0.2) is 5.76 Å². The number of aliphatic hydroxyl groups is 1. The monoisotopic (exact) mass is 510 g/mol. The number of hydrogen-bond acceptors (Lipinski definition) is 7. The predicted octanol–water partition coefficient (Wildman–Crippen LogP) is 2.61. The molecular formula is C25H38N2O7S. The third-order valence-corrected chi connectivity index (χ3v) is 8.38. The van der Waals surface area contributed by atoms with Crippen LogP contribution in [0.3, 0.4) is 0 Å². The Morgan fingerprint density at radius 2 is 1.83 bits per heavy atom. The SMILES string of the molecule is COc1ccc(S(=O)(=O)N(CCO)CCO[C@@H]2C[C@H](C(C)(C)C)C=C(C(=O)N3CCCC3)O2)cc1. The summed E-state index contributed by atoms with van der Waals surface area (Å²) in [5, 5.41) is 9.46. The maximum absolute atomic E-state index is 13.1. The number of amides is 1. The van der Waals surface area contributed by atoms with Gasteiger partial charge in [-0.1, -0.05) is 20.8 Å². The van der Waals surface area contributed by atoms with Crippen LogP contribution >= 0.6 is 0 Å². The molecule has 1 aromatic rings. The number of methoxy groups -OCH3 is 1. The minimum atomic E-state index is -3.84. The van der Waals surface area contributed by atoms with Gasteiger partial charge in [0, 0.05) is 32.6 Å². The zero-order valence-electron chi connectivity index (χ0n) is 21.1. The summed E-state index contributed by atoms with van der Waals surface area (Å²) < 4.78 is 44.4. The molecule has 0 aliphatic carbocycles. The molecule has 0 aromatic heterocycles. The molecule has 1 saturated heterocycles. The van der Waals surface area contributed by atoms with Crippen LogP contribution in [0, 0.1) is 11.3 Å². The number of ether oxygens (including phenoxy) is 3. The van der Waals surface area contributed by atoms with E-state index in [2.05, 4.69) is 20.8 Å². The van der Waals surface area contributed by atoms with Crippen molar-refractivity contribution in [3.8, 4) is 5.75 Å². The summed E-state index contributed by atoms with van der Waals surface area (Å²) in [6.07, 6.45) is 3.79. The summed E-state index contributed by atoms with van der Waals surface area (Å²) in [6.45, 7) is 7.49. The molecule has 0 bridgehead atoms. The van der Waals surface area contributed by atoms with Crippen LogP contribution in [0.15, 0.2) is 41.0 Å². The van der Waals surface area contributed by atoms with Gasteiger partial charge in [-0.15, -0.1) is 0 Å². The number of carbonyl (C=O) groups excluding carboxylic acids is 1. The highest BCUT2D eigenvalue weighted by molar-refractivity contribution is 7.89. The van der Waals surface area contributed by atoms with Crippen molar-refractivity contribution in [3.05, 3.63) is 36.1 Å². The lowest BCUT2D eigenvalue weighted by Gasteiger charge is -2.36. The van der Waals surface area contributed by atoms with Crippen LogP contribution in [-0.4, -0.2) is 81.4 Å². The molecule has 2 aliphatic heterocycles. The molecule has 0 radical (unpaired) electrons. The second-order valence-corrected chi connectivity index (χ2v) is 11.9. The fraction of sp³-hybridized carbons (Fsp3) is 0.640. The number of aliphatic hydroxyl groups excluding tert-OH is 1. The fourth-order valence-electron chi connectivity index (χ4n) is 4.24. The summed E-state index contributed by atoms with van der Waals surface area (Å²) in [7, 11) is -2.33. The first kappa shape index (κ1) is 27.4. The molecule has 1 aromatic carbocycles. The average Bonchev–Trinajstić information content (AvgIpc) is 3.37. The third-order valence-electron chi connectivity index (χ3n) is 6.46. The number of hydrogen-bond donors (Lipinski definition) is 1. The van der Waals surface area contributed by atoms with E-state index < -0.39 is 16.3 Å². The van der Waals surface area contributed by atoms with Gasteiger partial charge in [0.1, 0.15) is 5.75 Å². The summed E-state index contributed by atoms with van der Waals surface area (Å²) in [6, 6.07) is 6.10. The summed E-state index contributed by atoms with van der Waals surface area (Å²) in [5.74, 6) is 0.811. The van der Waals surface area contributed by atoms with E-state index in [1.807, 2.05) is 6.08 Å². The summed E-state index contributed by atoms with van der Waals surface area (Å²) in [5.41, 5.74) is -0.0947. The number of nitrogens with zero attached hydrogens (tertiary/aromatic N) is 2. The Kier molecular flexibility index (Phi) is 9.20. The van der Waals surface area contributed by atoms with Crippen molar-refractivity contribution in [3.63, 3.8) is 0 Å². The van der Waals surface area contributed by atoms with Crippen molar-refractivity contribution in [1.82, 2.24) is 9.21 Å². The smallest absolute Gasteiger partial charge is 0.288 e. The number of sulfonamides is 1. The van der Waals surface area contributed by atoms with Gasteiger partial charge in [0.05, 0.1) is 25.2 Å². The molecule has 10 heteroatoms. The molecule has 2 atom stereocenters. The molecular weight excluding hydrogens is 472 g/mol. The van der Waals surface area contributed by atoms with Gasteiger partial charge < -0.3 is 24.2 Å². The number of allylic oxidation sites excluding steroid dienone is 1. The molecule has 0 unspecified atom stereocenters. The molecule has 0 saturated carbocycles. The van der Waals surface area contributed by atoms with Gasteiger partial charge in [-0.3, -0.25) is 4.79 Å². The number of rotatable bonds is 10. The highest BCUT2D eigenvalue weighted by atomic mass is 32.2. The number of benzene rings is 1. The van der Waals surface area contributed by atoms with Crippen molar-refractivity contribution in [1.29, 1.82) is 0 Å². The first-order valence-electron chi connectivity index (χ1n) is 12.1. The molecule has 2 aliphatic rings. The van der Waals surface area contributed by atoms with Crippen LogP contribution in [0.2, 0.25) is 0 Å². The molecule has 1 fully saturated rings. The van der Waals surface area contributed by atoms with Crippen LogP contribution in [0.4, 0.5) is 0 Å². The molecule has 9 nitrogen and oxygen atoms in total. The van der Waals surface area contributed by atoms with E-state index in [1.165, 1.54) is 23.5 Å². The Labute approximate surface area is 208 Å². The van der Waals surface area contributed by atoms with Crippen LogP contribution in [0.25, 0.3) is 0 Å². The Hall–Kier alpha value is -2.14. The van der Waals surface area contributed by atoms with E-state index in [4.69, 9.17) is 14.2 Å². The lowest BCUT2D eigenvalue weighted by atomic mass is 9.77. The van der Waals surface area contributed by atoms with Gasteiger partial charge in [-0.05, 0) is 54.5 Å². The van der Waals surface area contributed by atoms with E-state index in [0.717, 1.165) is 25.9 Å². The van der Waals surface area contributed by atoms with E-state index in [9.17, 15) is 18.3 Å². The summed E-state index contributed by atoms with van der Waals surface area (Å²) >= 11 is 0. The molecule has 1 amide bonds. The molecule has 3 rings (SSSR count). The van der Waals surface area contributed by atoms with Gasteiger partial charge in [-0.2, -0.15) is 4.31 Å². The first-order chi connectivity index (χ1) is 16.6. The number of carbonyl (C=O) groups is 1. The summed E-state index contributed by atoms with van der Waals surface area (Å²) in [4.78, 5) is 14.9. The second kappa shape index (κ2) is 11.7. The standard InChI is InChI=1S/C25H38N2O7S/c1-25(2,3)19-17-22(24(29)26-11-5-6-12-26)34-23(18-19)33-16-14-27(13-15-28)35(30,31)21-9-7-20(32-4)8-10-21/h7-10,17,19,23,28H,5-6,11-16,18H2,1-4H3/t19-,23+/m1/s1. The zero-order valence-corrected chi connectivity index (χ0v) is 21.9. The normalized spacial score (nSPS) is 21.1. The lowest BCUT2D eigenvalue weighted by Crippen LogP contribution is -2.40. The molecule has 1 N–H and O–H groups in total. The van der Waals surface area contributed by atoms with Crippen molar-refractivity contribution >= 4 is 15.9 Å².